The summed E-state index contributed by atoms with van der Waals surface area (Å²) in [5.41, 5.74) is -0.793. The third-order valence-corrected chi connectivity index (χ3v) is 1.68. The van der Waals surface area contributed by atoms with Crippen LogP contribution in [0.2, 0.25) is 0 Å². The van der Waals surface area contributed by atoms with Crippen molar-refractivity contribution >= 4 is 5.97 Å². The first-order chi connectivity index (χ1) is 6.91. The fraction of sp³-hybridized carbons (Fsp3) is 0.556. The maximum atomic E-state index is 12.4. The third kappa shape index (κ3) is 2.74. The summed E-state index contributed by atoms with van der Waals surface area (Å²) >= 11 is 0. The van der Waals surface area contributed by atoms with Gasteiger partial charge in [0.25, 0.3) is 6.43 Å². The van der Waals surface area contributed by atoms with Crippen molar-refractivity contribution in [1.82, 2.24) is 4.98 Å². The summed E-state index contributed by atoms with van der Waals surface area (Å²) in [7, 11) is 0. The molecule has 84 valence electrons. The molecule has 0 radical (unpaired) electrons. The standard InChI is InChI=1S/C9H11F2NO3/c1-4(2)3-5-12-6(8(10)11)7(15-5)9(13)14/h4,8H,3H2,1-2H3,(H,13,14). The van der Waals surface area contributed by atoms with Gasteiger partial charge < -0.3 is 9.52 Å². The van der Waals surface area contributed by atoms with Crippen molar-refractivity contribution in [1.29, 1.82) is 0 Å². The molecular formula is C9H11F2NO3. The molecule has 0 aliphatic rings. The third-order valence-electron chi connectivity index (χ3n) is 1.68. The van der Waals surface area contributed by atoms with Crippen molar-refractivity contribution in [3.63, 3.8) is 0 Å². The predicted molar refractivity (Wildman–Crippen MR) is 47.0 cm³/mol. The van der Waals surface area contributed by atoms with Gasteiger partial charge in [0.1, 0.15) is 0 Å². The lowest BCUT2D eigenvalue weighted by molar-refractivity contribution is 0.0644. The number of nitrogens with zero attached hydrogens (tertiary/aromatic N) is 1. The maximum absolute atomic E-state index is 12.4. The molecule has 0 amide bonds. The lowest BCUT2D eigenvalue weighted by atomic mass is 10.1. The topological polar surface area (TPSA) is 63.3 Å². The molecule has 0 bridgehead atoms. The first-order valence-corrected chi connectivity index (χ1v) is 4.42. The van der Waals surface area contributed by atoms with Crippen molar-refractivity contribution in [2.24, 2.45) is 5.92 Å². The minimum Gasteiger partial charge on any atom is -0.475 e. The molecule has 1 aromatic rings. The van der Waals surface area contributed by atoms with E-state index in [-0.39, 0.29) is 11.8 Å². The summed E-state index contributed by atoms with van der Waals surface area (Å²) in [5, 5.41) is 8.59. The maximum Gasteiger partial charge on any atom is 0.374 e. The van der Waals surface area contributed by atoms with E-state index in [1.807, 2.05) is 13.8 Å². The van der Waals surface area contributed by atoms with E-state index >= 15 is 0 Å². The summed E-state index contributed by atoms with van der Waals surface area (Å²) in [6, 6.07) is 0. The first-order valence-electron chi connectivity index (χ1n) is 4.42. The molecule has 1 aromatic heterocycles. The molecule has 0 atom stereocenters. The molecule has 0 saturated carbocycles. The highest BCUT2D eigenvalue weighted by atomic mass is 19.3. The smallest absolute Gasteiger partial charge is 0.374 e. The van der Waals surface area contributed by atoms with Crippen molar-refractivity contribution in [3.8, 4) is 0 Å². The van der Waals surface area contributed by atoms with Gasteiger partial charge in [-0.2, -0.15) is 0 Å². The highest BCUT2D eigenvalue weighted by Gasteiger charge is 2.26. The van der Waals surface area contributed by atoms with Crippen LogP contribution >= 0.6 is 0 Å². The SMILES string of the molecule is CC(C)Cc1nc(C(F)F)c(C(=O)O)o1. The van der Waals surface area contributed by atoms with Crippen LogP contribution in [0.15, 0.2) is 4.42 Å². The second kappa shape index (κ2) is 4.37. The van der Waals surface area contributed by atoms with E-state index in [1.165, 1.54) is 0 Å². The molecule has 1 heterocycles. The molecule has 0 fully saturated rings. The summed E-state index contributed by atoms with van der Waals surface area (Å²) < 4.78 is 29.5. The van der Waals surface area contributed by atoms with Crippen LogP contribution < -0.4 is 0 Å². The first kappa shape index (κ1) is 11.6. The minimum atomic E-state index is -2.93. The lowest BCUT2D eigenvalue weighted by Gasteiger charge is -1.97. The minimum absolute atomic E-state index is 0.0395. The van der Waals surface area contributed by atoms with E-state index < -0.39 is 23.8 Å². The Morgan fingerprint density at radius 1 is 1.53 bits per heavy atom. The van der Waals surface area contributed by atoms with Gasteiger partial charge in [-0.15, -0.1) is 0 Å². The number of aromatic carboxylic acids is 1. The van der Waals surface area contributed by atoms with Crippen LogP contribution in [0.1, 0.15) is 42.4 Å². The predicted octanol–water partition coefficient (Wildman–Crippen LogP) is 2.51. The van der Waals surface area contributed by atoms with Crippen molar-refractivity contribution in [3.05, 3.63) is 17.3 Å². The Morgan fingerprint density at radius 3 is 2.47 bits per heavy atom. The average molecular weight is 219 g/mol. The van der Waals surface area contributed by atoms with Gasteiger partial charge in [-0.3, -0.25) is 0 Å². The quantitative estimate of drug-likeness (QED) is 0.844. The Labute approximate surface area is 84.9 Å². The van der Waals surface area contributed by atoms with Gasteiger partial charge in [0.05, 0.1) is 0 Å². The molecule has 4 nitrogen and oxygen atoms in total. The number of alkyl halides is 2. The van der Waals surface area contributed by atoms with Gasteiger partial charge in [-0.05, 0) is 5.92 Å². The number of carboxylic acids is 1. The Balaban J connectivity index is 3.04. The number of hydrogen-bond donors (Lipinski definition) is 1. The van der Waals surface area contributed by atoms with Crippen LogP contribution in [-0.4, -0.2) is 16.1 Å². The van der Waals surface area contributed by atoms with Gasteiger partial charge in [-0.1, -0.05) is 13.8 Å². The number of aromatic nitrogens is 1. The second-order valence-corrected chi connectivity index (χ2v) is 3.53. The second-order valence-electron chi connectivity index (χ2n) is 3.53. The van der Waals surface area contributed by atoms with E-state index in [9.17, 15) is 13.6 Å². The van der Waals surface area contributed by atoms with Crippen LogP contribution in [-0.2, 0) is 6.42 Å². The van der Waals surface area contributed by atoms with E-state index in [2.05, 4.69) is 4.98 Å². The molecule has 0 aliphatic heterocycles. The summed E-state index contributed by atoms with van der Waals surface area (Å²) in [6.45, 7) is 3.71. The fourth-order valence-corrected chi connectivity index (χ4v) is 1.12. The zero-order valence-corrected chi connectivity index (χ0v) is 8.33. The van der Waals surface area contributed by atoms with Crippen LogP contribution in [0.4, 0.5) is 8.78 Å². The molecule has 1 N–H and O–H groups in total. The zero-order chi connectivity index (χ0) is 11.6. The van der Waals surface area contributed by atoms with Gasteiger partial charge in [-0.25, -0.2) is 18.6 Å². The number of halogens is 2. The van der Waals surface area contributed by atoms with Gasteiger partial charge in [0.15, 0.2) is 11.6 Å². The lowest BCUT2D eigenvalue weighted by Crippen LogP contribution is -1.99. The van der Waals surface area contributed by atoms with Crippen molar-refractivity contribution < 1.29 is 23.1 Å². The Bertz CT molecular complexity index is 360. The molecular weight excluding hydrogens is 208 g/mol. The van der Waals surface area contributed by atoms with Crippen LogP contribution in [0.25, 0.3) is 0 Å². The largest absolute Gasteiger partial charge is 0.475 e. The van der Waals surface area contributed by atoms with E-state index in [0.717, 1.165) is 0 Å². The molecule has 0 unspecified atom stereocenters. The van der Waals surface area contributed by atoms with E-state index in [1.54, 1.807) is 0 Å². The number of oxazole rings is 1. The molecule has 15 heavy (non-hydrogen) atoms. The van der Waals surface area contributed by atoms with Crippen LogP contribution in [0.5, 0.6) is 0 Å². The molecule has 0 aliphatic carbocycles. The van der Waals surface area contributed by atoms with Gasteiger partial charge in [0, 0.05) is 6.42 Å². The van der Waals surface area contributed by atoms with Gasteiger partial charge in [0.2, 0.25) is 5.76 Å². The van der Waals surface area contributed by atoms with Crippen LogP contribution in [0.3, 0.4) is 0 Å². The Kier molecular flexibility index (Phi) is 3.39. The average Bonchev–Trinajstić information content (AvgIpc) is 2.46. The number of hydrogen-bond acceptors (Lipinski definition) is 3. The fourth-order valence-electron chi connectivity index (χ4n) is 1.12. The zero-order valence-electron chi connectivity index (χ0n) is 8.33. The van der Waals surface area contributed by atoms with E-state index in [4.69, 9.17) is 9.52 Å². The highest BCUT2D eigenvalue weighted by molar-refractivity contribution is 5.85. The number of rotatable bonds is 4. The van der Waals surface area contributed by atoms with E-state index in [0.29, 0.717) is 6.42 Å². The Hall–Kier alpha value is -1.46. The summed E-state index contributed by atoms with van der Waals surface area (Å²) in [4.78, 5) is 14.0. The monoisotopic (exact) mass is 219 g/mol. The molecule has 6 heteroatoms. The number of carboxylic acid groups (broad SMARTS) is 1. The van der Waals surface area contributed by atoms with Crippen LogP contribution in [0, 0.1) is 5.92 Å². The van der Waals surface area contributed by atoms with Crippen molar-refractivity contribution in [2.45, 2.75) is 26.7 Å². The van der Waals surface area contributed by atoms with Crippen molar-refractivity contribution in [2.75, 3.05) is 0 Å². The molecule has 1 rings (SSSR count). The highest BCUT2D eigenvalue weighted by Crippen LogP contribution is 2.24. The summed E-state index contributed by atoms with van der Waals surface area (Å²) in [6.07, 6.45) is -2.59. The number of carbonyl (C=O) groups is 1. The molecule has 0 aromatic carbocycles. The molecule has 0 saturated heterocycles. The normalized spacial score (nSPS) is 11.3. The Morgan fingerprint density at radius 2 is 2.13 bits per heavy atom. The summed E-state index contributed by atoms with van der Waals surface area (Å²) in [5.74, 6) is -2.08. The molecule has 0 spiro atoms. The van der Waals surface area contributed by atoms with Gasteiger partial charge >= 0.3 is 5.97 Å².